The molecule has 30 nitrogen and oxygen atoms in total. The number of carbonyl (C=O) groups is 1. The molecule has 0 aliphatic carbocycles. The number of halogens is 2. The number of carbonyl (C=O) groups excluding carboxylic acids is 1. The summed E-state index contributed by atoms with van der Waals surface area (Å²) in [4.78, 5) is 58.3. The van der Waals surface area contributed by atoms with E-state index in [0.29, 0.717) is 139 Å². The number of esters is 1. The third kappa shape index (κ3) is 48.0. The maximum Gasteiger partial charge on any atom is 0.323 e. The van der Waals surface area contributed by atoms with E-state index in [0.717, 1.165) is 110 Å². The fraction of sp³-hybridized carbons (Fsp3) is 0.880. The first kappa shape index (κ1) is 133. The lowest BCUT2D eigenvalue weighted by Crippen LogP contribution is -2.56. The molecule has 0 saturated carbocycles. The Morgan fingerprint density at radius 3 is 1.18 bits per heavy atom. The summed E-state index contributed by atoms with van der Waals surface area (Å²) < 4.78 is 30.3. The molecule has 0 radical (unpaired) electrons. The molecule has 0 amide bonds. The summed E-state index contributed by atoms with van der Waals surface area (Å²) >= 11 is 0. The van der Waals surface area contributed by atoms with Crippen LogP contribution in [0.4, 0.5) is 8.78 Å². The number of likely N-dealkylation sites (tertiary alicyclic amines) is 12. The van der Waals surface area contributed by atoms with Crippen LogP contribution in [0.15, 0.2) is 53.1 Å². The summed E-state index contributed by atoms with van der Waals surface area (Å²) in [5, 5.41) is 34.5. The van der Waals surface area contributed by atoms with E-state index in [4.69, 9.17) is 55.5 Å². The average Bonchev–Trinajstić information content (AvgIpc) is 1.11. The molecule has 17 atom stereocenters. The van der Waals surface area contributed by atoms with Gasteiger partial charge in [0.2, 0.25) is 0 Å². The Kier molecular flexibility index (Phi) is 64.5. The largest absolute Gasteiger partial charge is 0.458 e. The molecular formula is C108H210F2N26O4. The van der Waals surface area contributed by atoms with Crippen molar-refractivity contribution >= 4 is 5.97 Å². The van der Waals surface area contributed by atoms with Crippen LogP contribution in [0.1, 0.15) is 291 Å². The van der Waals surface area contributed by atoms with E-state index in [2.05, 4.69) is 300 Å². The fourth-order valence-electron chi connectivity index (χ4n) is 18.8. The van der Waals surface area contributed by atoms with Crippen molar-refractivity contribution in [2.75, 3.05) is 157 Å². The van der Waals surface area contributed by atoms with E-state index < -0.39 is 12.0 Å². The van der Waals surface area contributed by atoms with Gasteiger partial charge in [0.1, 0.15) is 18.0 Å². The molecule has 12 fully saturated rings. The molecule has 2 aromatic heterocycles. The first-order chi connectivity index (χ1) is 64.7. The number of ether oxygens (including phenoxy) is 1. The second kappa shape index (κ2) is 68.1. The quantitative estimate of drug-likeness (QED) is 0.0236. The highest BCUT2D eigenvalue weighted by molar-refractivity contribution is 5.76. The summed E-state index contributed by atoms with van der Waals surface area (Å²) in [5.41, 5.74) is 41.1. The van der Waals surface area contributed by atoms with Crippen LogP contribution in [0, 0.1) is 71.0 Å². The van der Waals surface area contributed by atoms with E-state index in [1.165, 1.54) is 70.6 Å². The number of nitrogens with two attached hydrogens (primary N) is 4. The minimum atomic E-state index is -2.43. The normalized spacial score (nSPS) is 28.1. The van der Waals surface area contributed by atoms with Gasteiger partial charge in [0.15, 0.2) is 0 Å². The number of nitriles is 1. The first-order valence-corrected chi connectivity index (χ1v) is 53.2. The zero-order valence-corrected chi connectivity index (χ0v) is 92.3. The van der Waals surface area contributed by atoms with Gasteiger partial charge in [-0.25, -0.2) is 18.7 Å². The number of pyridine rings is 1. The average molecular weight is 1980 g/mol. The number of hydrogen-bond donors (Lipinski definition) is 6. The highest BCUT2D eigenvalue weighted by Crippen LogP contribution is 2.32. The third-order valence-corrected chi connectivity index (χ3v) is 29.8. The van der Waals surface area contributed by atoms with Gasteiger partial charge in [0, 0.05) is 273 Å². The van der Waals surface area contributed by atoms with Crippen LogP contribution in [0.3, 0.4) is 0 Å². The number of β-amino-alcohol motifs (C(OH)–C–C–N with tert-alkyl or cyclic N) is 1. The maximum atomic E-state index is 12.5. The Balaban J connectivity index is 0.000000765. The van der Waals surface area contributed by atoms with E-state index in [-0.39, 0.29) is 88.0 Å². The number of rotatable bonds is 20. The summed E-state index contributed by atoms with van der Waals surface area (Å²) in [6.45, 7) is 89.8. The Labute approximate surface area is 853 Å². The molecule has 32 heteroatoms. The number of terminal acetylenes is 1. The highest BCUT2D eigenvalue weighted by Gasteiger charge is 2.41. The van der Waals surface area contributed by atoms with Gasteiger partial charge < -0.3 is 62.4 Å². The van der Waals surface area contributed by atoms with Crippen LogP contribution < -0.4 is 22.9 Å². The Morgan fingerprint density at radius 2 is 0.879 bits per heavy atom. The molecule has 12 saturated heterocycles. The maximum absolute atomic E-state index is 12.5. The minimum absolute atomic E-state index is 0. The number of alkyl halides is 2. The Bertz CT molecular complexity index is 3540. The molecule has 0 aromatic carbocycles. The van der Waals surface area contributed by atoms with Gasteiger partial charge in [-0.2, -0.15) is 5.26 Å². The van der Waals surface area contributed by atoms with Crippen LogP contribution in [0.25, 0.3) is 20.9 Å². The predicted octanol–water partition coefficient (Wildman–Crippen LogP) is 16.1. The molecule has 12 aliphatic rings. The fourth-order valence-corrected chi connectivity index (χ4v) is 18.8. The zero-order chi connectivity index (χ0) is 104. The van der Waals surface area contributed by atoms with E-state index >= 15 is 0 Å². The molecular weight excluding hydrogens is 1760 g/mol. The summed E-state index contributed by atoms with van der Waals surface area (Å²) in [7, 11) is 0. The van der Waals surface area contributed by atoms with Gasteiger partial charge in [-0.3, -0.25) is 44.1 Å². The van der Waals surface area contributed by atoms with Gasteiger partial charge in [0.25, 0.3) is 5.92 Å². The van der Waals surface area contributed by atoms with Crippen molar-refractivity contribution in [2.24, 2.45) is 80.5 Å². The van der Waals surface area contributed by atoms with Crippen molar-refractivity contribution in [1.29, 1.82) is 5.26 Å². The SMILES string of the molecule is C.C.C#CC1CN(C(C)C)CC1N.CC(C)N1CCC(F)(F)C1.CC(C)N1CCC(c2ccccn2)C1.CC(C)N1CCC(c2ncccn2)C1.CC(C)N1CCC[C@H]1C#N.CC(C)N1CC[C@@H](CO)C1.CC(C)N1C[C@@H](C)[C@@H](N)C1.CC(C)N1C[C@@H](C)[C@@H](N=[N+]=[N-])C1.CC(C)N1C[C@@H](N)[C@@H](C)C1.CC(C)N1C[C@H](C)[C@@H](O)C1.CC(C)N1C[C@H](C)[C@H](N=[N+]=[N-])C1.CC(C)[C@H](N)C(=O)OC1CN(C(C)C)C1. The molecule has 12 aliphatic heterocycles. The second-order valence-electron chi connectivity index (χ2n) is 45.2. The molecule has 10 N–H and O–H groups in total. The van der Waals surface area contributed by atoms with Crippen LogP contribution in [-0.2, 0) is 9.53 Å². The van der Waals surface area contributed by atoms with E-state index in [1.807, 2.05) is 58.4 Å². The topological polar surface area (TPSA) is 370 Å². The van der Waals surface area contributed by atoms with Crippen molar-refractivity contribution in [3.8, 4) is 18.4 Å². The van der Waals surface area contributed by atoms with Crippen molar-refractivity contribution in [3.05, 3.63) is 75.3 Å². The summed E-state index contributed by atoms with van der Waals surface area (Å²) in [5.74, 6) is 6.02. The van der Waals surface area contributed by atoms with E-state index in [9.17, 15) is 18.7 Å². The summed E-state index contributed by atoms with van der Waals surface area (Å²) in [6, 6.07) is 18.3. The standard InChI is InChI=1S/C12H18N2.C11H17N3.C11H22N2O2.C9H16N2.2C8H16N4.2C8H18N2.C8H14N2.2C8H17NO.C7H13F2N.2CH4/c1-10(2)14-8-6-11(9-14)12-5-3-4-7-13-12;1-9(2)14-7-4-10(8-14)11-12-5-3-6-13-11;1-7(2)10(12)11(14)15-9-5-13(6-9)8(3)4;1-4-8-5-11(7(2)3)6-9(8)10;2*1-6(2)12-4-7(3)8(5-12)10-11-9;2*1-6(2)10-4-7(3)8(9)5-10;1-7(2)10-5-3-4-8(10)6-9;1-6(2)9-4-7(3)8(10)5-9;1-7(2)9-4-3-8(5-9)6-10;1-6(2)10-4-3-7(8,9)5-10;;/h3-5,7,10-11H,6,8-9H2,1-2H3;3,5-6,9-10H,4,7-8H2,1-2H3;7-10H,5-6,12H2,1-4H3;1,7-9H,5-6,10H2,2-3H3;2*6-8H,4-5H2,1-3H3;2*6-8H,4-5,9H2,1-3H3;7-8H,3-5H2,1-2H3;6-8,10H,4-5H2,1-3H3;7-8,10H,3-6H2,1-2H3;6H,3-5H2,1-2H3;2*1H4/t;;10-;;4*7-,8+;8-;7-,8-;8-;;;/m..0.1010001.../s1. The van der Waals surface area contributed by atoms with Crippen LogP contribution >= 0.6 is 0 Å². The molecule has 14 heterocycles. The lowest BCUT2D eigenvalue weighted by atomic mass is 10.0. The highest BCUT2D eigenvalue weighted by atomic mass is 19.3. The van der Waals surface area contributed by atoms with Crippen molar-refractivity contribution in [3.63, 3.8) is 0 Å². The number of aliphatic hydroxyl groups is 2. The number of aliphatic hydroxyl groups excluding tert-OH is 2. The molecule has 14 rings (SSSR count). The predicted molar refractivity (Wildman–Crippen MR) is 580 cm³/mol. The van der Waals surface area contributed by atoms with Gasteiger partial charge in [0.05, 0.1) is 36.8 Å². The van der Waals surface area contributed by atoms with Crippen molar-refractivity contribution in [1.82, 2.24) is 73.8 Å². The number of azide groups is 2. The van der Waals surface area contributed by atoms with Crippen LogP contribution in [0.5, 0.6) is 0 Å². The second-order valence-corrected chi connectivity index (χ2v) is 45.2. The number of nitrogens with zero attached hydrogens (tertiary/aromatic N) is 22. The molecule has 810 valence electrons. The Hall–Kier alpha value is -5.49. The van der Waals surface area contributed by atoms with Gasteiger partial charge in [-0.1, -0.05) is 79.6 Å². The number of hydrogen-bond acceptors (Lipinski definition) is 26. The molecule has 2 aromatic rings. The smallest absolute Gasteiger partial charge is 0.323 e. The number of aromatic nitrogens is 3. The molecule has 4 unspecified atom stereocenters. The minimum Gasteiger partial charge on any atom is -0.458 e. The monoisotopic (exact) mass is 1970 g/mol. The van der Waals surface area contributed by atoms with Crippen molar-refractivity contribution < 1.29 is 28.5 Å². The van der Waals surface area contributed by atoms with Crippen molar-refractivity contribution in [2.45, 2.75) is 413 Å². The van der Waals surface area contributed by atoms with Crippen LogP contribution in [-0.4, -0.2) is 380 Å². The lowest BCUT2D eigenvalue weighted by molar-refractivity contribution is -0.161. The van der Waals surface area contributed by atoms with Gasteiger partial charge in [-0.15, -0.1) is 12.3 Å². The zero-order valence-electron chi connectivity index (χ0n) is 92.3. The van der Waals surface area contributed by atoms with E-state index in [1.54, 1.807) is 4.90 Å². The van der Waals surface area contributed by atoms with Gasteiger partial charge >= 0.3 is 5.97 Å². The van der Waals surface area contributed by atoms with Crippen LogP contribution in [0.2, 0.25) is 0 Å². The summed E-state index contributed by atoms with van der Waals surface area (Å²) in [6.07, 6.45) is 16.8. The first-order valence-electron chi connectivity index (χ1n) is 53.2. The Morgan fingerprint density at radius 1 is 0.486 bits per heavy atom. The molecule has 140 heavy (non-hydrogen) atoms. The molecule has 0 bridgehead atoms. The van der Waals surface area contributed by atoms with Gasteiger partial charge in [-0.05, 0) is 295 Å². The third-order valence-electron chi connectivity index (χ3n) is 29.8. The molecule has 0 spiro atoms. The lowest BCUT2D eigenvalue weighted by Gasteiger charge is -2.41.